The highest BCUT2D eigenvalue weighted by Gasteiger charge is 2.65. The van der Waals surface area contributed by atoms with Gasteiger partial charge in [0, 0.05) is 35.3 Å². The molecule has 6 heteroatoms. The average molecular weight is 404 g/mol. The third kappa shape index (κ3) is 2.23. The molecule has 3 heterocycles. The van der Waals surface area contributed by atoms with Crippen molar-refractivity contribution in [1.29, 1.82) is 0 Å². The van der Waals surface area contributed by atoms with Crippen molar-refractivity contribution in [3.8, 4) is 11.5 Å². The molecule has 1 aromatic heterocycles. The lowest BCUT2D eigenvalue weighted by Gasteiger charge is -2.56. The summed E-state index contributed by atoms with van der Waals surface area (Å²) in [4.78, 5) is 19.3. The number of nitrogens with zero attached hydrogens (tertiary/aromatic N) is 2. The summed E-state index contributed by atoms with van der Waals surface area (Å²) in [5.74, 6) is 1.54. The number of aromatic nitrogens is 1. The highest BCUT2D eigenvalue weighted by atomic mass is 16.6. The quantitative estimate of drug-likeness (QED) is 0.579. The molecular weight excluding hydrogens is 380 g/mol. The first-order chi connectivity index (χ1) is 14.6. The Balaban J connectivity index is 1.46. The zero-order chi connectivity index (χ0) is 20.5. The molecule has 2 aliphatic carbocycles. The molecule has 2 bridgehead atoms. The lowest BCUT2D eigenvalue weighted by atomic mass is 9.53. The van der Waals surface area contributed by atoms with Crippen LogP contribution < -0.4 is 9.47 Å². The Hall–Kier alpha value is -2.86. The van der Waals surface area contributed by atoms with Gasteiger partial charge in [0.25, 0.3) is 0 Å². The molecule has 6 rings (SSSR count). The van der Waals surface area contributed by atoms with Crippen LogP contribution in [0.4, 0.5) is 0 Å². The van der Waals surface area contributed by atoms with Gasteiger partial charge < -0.3 is 19.1 Å². The largest absolute Gasteiger partial charge is 0.493 e. The normalized spacial score (nSPS) is 32.9. The third-order valence-corrected chi connectivity index (χ3v) is 7.48. The first kappa shape index (κ1) is 18.0. The summed E-state index contributed by atoms with van der Waals surface area (Å²) in [6.07, 6.45) is 8.72. The number of carbonyl (C=O) groups excluding carboxylic acids is 1. The zero-order valence-corrected chi connectivity index (χ0v) is 17.1. The number of hydrogen-bond donors (Lipinski definition) is 0. The van der Waals surface area contributed by atoms with Gasteiger partial charge in [0.2, 0.25) is 0 Å². The first-order valence-corrected chi connectivity index (χ1v) is 10.5. The van der Waals surface area contributed by atoms with Gasteiger partial charge in [-0.2, -0.15) is 0 Å². The van der Waals surface area contributed by atoms with Crippen LogP contribution in [-0.4, -0.2) is 54.8 Å². The van der Waals surface area contributed by atoms with Crippen LogP contribution in [0.15, 0.2) is 48.8 Å². The Morgan fingerprint density at radius 1 is 1.30 bits per heavy atom. The maximum absolute atomic E-state index is 12.8. The van der Waals surface area contributed by atoms with Crippen LogP contribution in [0, 0.1) is 5.92 Å². The van der Waals surface area contributed by atoms with Gasteiger partial charge in [0.1, 0.15) is 6.10 Å². The summed E-state index contributed by atoms with van der Waals surface area (Å²) in [7, 11) is 3.89. The number of benzene rings is 1. The van der Waals surface area contributed by atoms with Gasteiger partial charge in [-0.05, 0) is 56.3 Å². The Bertz CT molecular complexity index is 1050. The van der Waals surface area contributed by atoms with E-state index in [-0.39, 0.29) is 17.5 Å². The van der Waals surface area contributed by atoms with Crippen LogP contribution in [0.25, 0.3) is 0 Å². The molecule has 1 unspecified atom stereocenters. The average Bonchev–Trinajstić information content (AvgIpc) is 3.13. The molecule has 0 radical (unpaired) electrons. The summed E-state index contributed by atoms with van der Waals surface area (Å²) < 4.78 is 18.2. The summed E-state index contributed by atoms with van der Waals surface area (Å²) >= 11 is 0. The second-order valence-electron chi connectivity index (χ2n) is 8.73. The lowest BCUT2D eigenvalue weighted by molar-refractivity contribution is -0.0555. The Morgan fingerprint density at radius 3 is 3.00 bits per heavy atom. The standard InChI is InChI=1S/C24H24N2O4/c1-26-11-9-24-16-6-8-19(29-23(27)15-4-3-10-25-13-15)22(24)30-21-18(28-2)7-5-14(20(21)24)12-17(16)26/h3-8,10,13,16-17,19,22H,9,11-12H2,1-2H3/t16-,17+,19+,22?,24-/m0/s1. The molecule has 4 aliphatic rings. The molecule has 30 heavy (non-hydrogen) atoms. The van der Waals surface area contributed by atoms with Crippen molar-refractivity contribution in [2.24, 2.45) is 5.92 Å². The van der Waals surface area contributed by atoms with E-state index in [4.69, 9.17) is 14.2 Å². The Kier molecular flexibility index (Phi) is 3.78. The molecule has 1 aromatic carbocycles. The highest BCUT2D eigenvalue weighted by Crippen LogP contribution is 2.62. The minimum Gasteiger partial charge on any atom is -0.493 e. The summed E-state index contributed by atoms with van der Waals surface area (Å²) in [5, 5.41) is 0. The van der Waals surface area contributed by atoms with E-state index in [9.17, 15) is 4.79 Å². The van der Waals surface area contributed by atoms with Crippen molar-refractivity contribution >= 4 is 5.97 Å². The zero-order valence-electron chi connectivity index (χ0n) is 17.1. The van der Waals surface area contributed by atoms with E-state index in [2.05, 4.69) is 29.1 Å². The van der Waals surface area contributed by atoms with Gasteiger partial charge in [-0.25, -0.2) is 4.79 Å². The fourth-order valence-electron chi connectivity index (χ4n) is 6.15. The number of likely N-dealkylation sites (tertiary alicyclic amines) is 1. The predicted molar refractivity (Wildman–Crippen MR) is 110 cm³/mol. The minimum atomic E-state index is -0.457. The van der Waals surface area contributed by atoms with E-state index < -0.39 is 6.10 Å². The molecule has 0 saturated carbocycles. The van der Waals surface area contributed by atoms with Crippen LogP contribution in [-0.2, 0) is 16.6 Å². The van der Waals surface area contributed by atoms with Crippen LogP contribution in [0.1, 0.15) is 27.9 Å². The maximum Gasteiger partial charge on any atom is 0.340 e. The topological polar surface area (TPSA) is 60.9 Å². The summed E-state index contributed by atoms with van der Waals surface area (Å²) in [6.45, 7) is 0.994. The molecule has 154 valence electrons. The fraction of sp³-hybridized carbons (Fsp3) is 0.417. The van der Waals surface area contributed by atoms with E-state index in [1.165, 1.54) is 17.3 Å². The summed E-state index contributed by atoms with van der Waals surface area (Å²) in [5.41, 5.74) is 2.86. The number of ether oxygens (including phenoxy) is 3. The second-order valence-corrected chi connectivity index (χ2v) is 8.73. The van der Waals surface area contributed by atoms with Gasteiger partial charge in [-0.1, -0.05) is 12.1 Å². The van der Waals surface area contributed by atoms with Crippen LogP contribution in [0.5, 0.6) is 11.5 Å². The summed E-state index contributed by atoms with van der Waals surface area (Å²) in [6, 6.07) is 8.07. The lowest BCUT2D eigenvalue weighted by Crippen LogP contribution is -2.65. The van der Waals surface area contributed by atoms with Gasteiger partial charge in [-0.15, -0.1) is 0 Å². The van der Waals surface area contributed by atoms with Crippen LogP contribution >= 0.6 is 0 Å². The molecule has 6 nitrogen and oxygen atoms in total. The van der Waals surface area contributed by atoms with Gasteiger partial charge in [0.15, 0.2) is 17.6 Å². The molecule has 1 fully saturated rings. The third-order valence-electron chi connectivity index (χ3n) is 7.48. The van der Waals surface area contributed by atoms with E-state index in [1.54, 1.807) is 25.4 Å². The SMILES string of the molecule is COc1ccc2c3c1OC1[C@H](OC(=O)c4cccnc4)C=C[C@H]4[C@@H](C2)N(C)CC[C@]314. The number of rotatable bonds is 3. The smallest absolute Gasteiger partial charge is 0.340 e. The van der Waals surface area contributed by atoms with E-state index in [0.29, 0.717) is 17.5 Å². The monoisotopic (exact) mass is 404 g/mol. The molecule has 0 amide bonds. The van der Waals surface area contributed by atoms with Gasteiger partial charge >= 0.3 is 5.97 Å². The van der Waals surface area contributed by atoms with E-state index in [1.807, 2.05) is 12.1 Å². The van der Waals surface area contributed by atoms with Gasteiger partial charge in [0.05, 0.1) is 12.7 Å². The maximum atomic E-state index is 12.8. The molecule has 1 spiro atoms. The van der Waals surface area contributed by atoms with Crippen molar-refractivity contribution in [1.82, 2.24) is 9.88 Å². The number of pyridine rings is 1. The van der Waals surface area contributed by atoms with E-state index in [0.717, 1.165) is 30.9 Å². The molecule has 0 N–H and O–H groups in total. The van der Waals surface area contributed by atoms with E-state index >= 15 is 0 Å². The Morgan fingerprint density at radius 2 is 2.20 bits per heavy atom. The second kappa shape index (κ2) is 6.32. The number of esters is 1. The first-order valence-electron chi connectivity index (χ1n) is 10.5. The fourth-order valence-corrected chi connectivity index (χ4v) is 6.15. The van der Waals surface area contributed by atoms with Crippen molar-refractivity contribution in [2.75, 3.05) is 20.7 Å². The van der Waals surface area contributed by atoms with Gasteiger partial charge in [-0.3, -0.25) is 4.98 Å². The Labute approximate surface area is 175 Å². The van der Waals surface area contributed by atoms with Crippen molar-refractivity contribution < 1.29 is 19.0 Å². The molecule has 2 aromatic rings. The minimum absolute atomic E-state index is 0.191. The van der Waals surface area contributed by atoms with Crippen LogP contribution in [0.2, 0.25) is 0 Å². The molecular formula is C24H24N2O4. The van der Waals surface area contributed by atoms with Crippen molar-refractivity contribution in [2.45, 2.75) is 36.5 Å². The number of hydrogen-bond acceptors (Lipinski definition) is 6. The number of methoxy groups -OCH3 is 1. The van der Waals surface area contributed by atoms with Crippen molar-refractivity contribution in [3.05, 3.63) is 65.5 Å². The number of piperidine rings is 1. The number of carbonyl (C=O) groups is 1. The van der Waals surface area contributed by atoms with Crippen LogP contribution in [0.3, 0.4) is 0 Å². The molecule has 5 atom stereocenters. The molecule has 1 saturated heterocycles. The highest BCUT2D eigenvalue weighted by molar-refractivity contribution is 5.89. The van der Waals surface area contributed by atoms with Crippen molar-refractivity contribution in [3.63, 3.8) is 0 Å². The predicted octanol–water partition coefficient (Wildman–Crippen LogP) is 2.76. The number of likely N-dealkylation sites (N-methyl/N-ethyl adjacent to an activating group) is 1. The molecule has 2 aliphatic heterocycles.